The van der Waals surface area contributed by atoms with Gasteiger partial charge >= 0.3 is 6.18 Å². The number of nitriles is 1. The van der Waals surface area contributed by atoms with E-state index < -0.39 is 11.7 Å². The minimum absolute atomic E-state index is 0.320. The van der Waals surface area contributed by atoms with Gasteiger partial charge < -0.3 is 9.13 Å². The number of aromatic nitrogens is 8. The lowest BCUT2D eigenvalue weighted by atomic mass is 9.95. The molecule has 0 aliphatic rings. The van der Waals surface area contributed by atoms with Crippen molar-refractivity contribution in [3.8, 4) is 96.9 Å². The van der Waals surface area contributed by atoms with Crippen LogP contribution < -0.4 is 0 Å². The number of alkyl halides is 3. The number of fused-ring (bicyclic) bond motifs is 6. The van der Waals surface area contributed by atoms with E-state index in [1.165, 1.54) is 12.1 Å². The topological polar surface area (TPSA) is 111 Å². The number of benzene rings is 10. The fraction of sp³-hybridized carbons (Fsp3) is 0.0290. The second-order valence-electron chi connectivity index (χ2n) is 19.8. The van der Waals surface area contributed by atoms with Gasteiger partial charge in [-0.1, -0.05) is 188 Å². The molecule has 0 atom stereocenters. The Morgan fingerprint density at radius 2 is 0.691 bits per heavy atom. The summed E-state index contributed by atoms with van der Waals surface area (Å²) < 4.78 is 47.3. The molecule has 0 unspecified atom stereocenters. The summed E-state index contributed by atoms with van der Waals surface area (Å²) >= 11 is 0. The van der Waals surface area contributed by atoms with Gasteiger partial charge in [0.1, 0.15) is 11.6 Å². The molecule has 14 rings (SSSR count). The molecule has 0 fully saturated rings. The fourth-order valence-corrected chi connectivity index (χ4v) is 11.0. The van der Waals surface area contributed by atoms with Crippen LogP contribution in [0.5, 0.6) is 0 Å². The highest BCUT2D eigenvalue weighted by molar-refractivity contribution is 6.12. The van der Waals surface area contributed by atoms with Crippen LogP contribution in [-0.4, -0.2) is 39.0 Å². The van der Waals surface area contributed by atoms with E-state index in [1.54, 1.807) is 6.92 Å². The van der Waals surface area contributed by atoms with Crippen LogP contribution in [0.3, 0.4) is 0 Å². The third kappa shape index (κ3) is 8.61. The monoisotopic (exact) mass is 1050 g/mol. The second kappa shape index (κ2) is 19.5. The molecule has 0 N–H and O–H groups in total. The average molecular weight is 1050 g/mol. The molecule has 12 heteroatoms. The van der Waals surface area contributed by atoms with Crippen molar-refractivity contribution in [2.45, 2.75) is 13.1 Å². The molecule has 4 heterocycles. The number of hydrogen-bond acceptors (Lipinski definition) is 7. The average Bonchev–Trinajstić information content (AvgIpc) is 4.13. The summed E-state index contributed by atoms with van der Waals surface area (Å²) in [5, 5.41) is 15.5. The largest absolute Gasteiger partial charge is 0.416 e. The van der Waals surface area contributed by atoms with Crippen molar-refractivity contribution in [1.29, 1.82) is 5.26 Å². The maximum Gasteiger partial charge on any atom is 0.416 e. The van der Waals surface area contributed by atoms with Crippen LogP contribution in [0, 0.1) is 18.3 Å². The summed E-state index contributed by atoms with van der Waals surface area (Å²) in [7, 11) is 0. The van der Waals surface area contributed by atoms with Crippen molar-refractivity contribution >= 4 is 43.6 Å². The molecule has 10 aromatic carbocycles. The van der Waals surface area contributed by atoms with Crippen molar-refractivity contribution in [3.05, 3.63) is 253 Å². The molecule has 0 radical (unpaired) electrons. The number of halogens is 3. The highest BCUT2D eigenvalue weighted by Crippen LogP contribution is 2.43. The molecule has 9 nitrogen and oxygen atoms in total. The van der Waals surface area contributed by atoms with Crippen LogP contribution in [0.1, 0.15) is 16.7 Å². The number of nitrogens with zero attached hydrogens (tertiary/aromatic N) is 9. The zero-order chi connectivity index (χ0) is 54.8. The van der Waals surface area contributed by atoms with Gasteiger partial charge in [-0.25, -0.2) is 29.9 Å². The predicted octanol–water partition coefficient (Wildman–Crippen LogP) is 17.1. The Hall–Kier alpha value is -10.9. The van der Waals surface area contributed by atoms with Crippen molar-refractivity contribution < 1.29 is 13.2 Å². The van der Waals surface area contributed by atoms with E-state index in [4.69, 9.17) is 29.9 Å². The maximum atomic E-state index is 14.4. The summed E-state index contributed by atoms with van der Waals surface area (Å²) in [4.78, 5) is 30.2. The molecule has 81 heavy (non-hydrogen) atoms. The molecular weight excluding hydrogens is 1010 g/mol. The molecule has 4 aromatic heterocycles. The molecule has 0 aliphatic carbocycles. The Morgan fingerprint density at radius 1 is 0.346 bits per heavy atom. The second-order valence-corrected chi connectivity index (χ2v) is 19.8. The molecular formula is C69H42F3N9. The van der Waals surface area contributed by atoms with Crippen LogP contribution in [0.25, 0.3) is 134 Å². The molecule has 0 spiro atoms. The normalized spacial score (nSPS) is 11.7. The van der Waals surface area contributed by atoms with Gasteiger partial charge in [-0.05, 0) is 72.1 Å². The molecule has 0 saturated heterocycles. The van der Waals surface area contributed by atoms with Gasteiger partial charge in [0.2, 0.25) is 0 Å². The minimum Gasteiger partial charge on any atom is -0.308 e. The molecule has 384 valence electrons. The first-order valence-corrected chi connectivity index (χ1v) is 26.2. The number of rotatable bonds is 9. The fourth-order valence-electron chi connectivity index (χ4n) is 11.0. The molecule has 0 amide bonds. The van der Waals surface area contributed by atoms with Crippen LogP contribution in [0.15, 0.2) is 237 Å². The van der Waals surface area contributed by atoms with E-state index in [0.29, 0.717) is 79.7 Å². The third-order valence-electron chi connectivity index (χ3n) is 14.8. The minimum atomic E-state index is -4.56. The molecule has 14 aromatic rings. The van der Waals surface area contributed by atoms with Crippen LogP contribution in [-0.2, 0) is 6.18 Å². The Bertz CT molecular complexity index is 4440. The van der Waals surface area contributed by atoms with Crippen LogP contribution in [0.4, 0.5) is 13.2 Å². The van der Waals surface area contributed by atoms with Crippen LogP contribution in [0.2, 0.25) is 0 Å². The lowest BCUT2D eigenvalue weighted by Gasteiger charge is -2.20. The predicted molar refractivity (Wildman–Crippen MR) is 314 cm³/mol. The lowest BCUT2D eigenvalue weighted by molar-refractivity contribution is -0.137. The zero-order valence-corrected chi connectivity index (χ0v) is 43.2. The van der Waals surface area contributed by atoms with E-state index in [1.807, 2.05) is 194 Å². The van der Waals surface area contributed by atoms with Crippen molar-refractivity contribution in [2.75, 3.05) is 0 Å². The highest BCUT2D eigenvalue weighted by atomic mass is 19.4. The summed E-state index contributed by atoms with van der Waals surface area (Å²) in [6.07, 6.45) is -4.56. The highest BCUT2D eigenvalue weighted by Gasteiger charge is 2.31. The van der Waals surface area contributed by atoms with Gasteiger partial charge in [-0.2, -0.15) is 18.4 Å². The SMILES string of the molecule is Cc1cc(C(F)(F)F)ccc1-c1cc(-n2c3ccccc3c3ccc(-c4nc(-c5ccccc5)nc(-c5ccccc5)n4)cc32)c(C#N)c(-n2c3ccccc3c3ccc(-c4nc(-c5ccccc5)nc(-c5ccccc5)n4)cc32)c1. The van der Waals surface area contributed by atoms with Gasteiger partial charge in [-0.3, -0.25) is 0 Å². The summed E-state index contributed by atoms with van der Waals surface area (Å²) in [5.41, 5.74) is 10.0. The lowest BCUT2D eigenvalue weighted by Crippen LogP contribution is -2.07. The van der Waals surface area contributed by atoms with E-state index in [2.05, 4.69) is 39.5 Å². The van der Waals surface area contributed by atoms with Gasteiger partial charge in [0.25, 0.3) is 0 Å². The van der Waals surface area contributed by atoms with Gasteiger partial charge in [0, 0.05) is 54.9 Å². The van der Waals surface area contributed by atoms with E-state index in [0.717, 1.165) is 71.9 Å². The number of hydrogen-bond donors (Lipinski definition) is 0. The Kier molecular flexibility index (Phi) is 11.7. The smallest absolute Gasteiger partial charge is 0.308 e. The zero-order valence-electron chi connectivity index (χ0n) is 43.2. The standard InChI is InChI=1S/C69H42F3N9/c1-42-36-50(69(70,71)72)32-35-51(42)49-39-61(80-57-28-16-14-26-52(57)54-33-30-47(37-59(54)80)67-76-63(43-18-6-2-7-19-43)74-64(77-67)44-20-8-3-9-21-44)56(41-73)62(40-49)81-58-29-17-15-27-53(58)55-34-31-48(38-60(55)81)68-78-65(45-22-10-4-11-23-45)75-66(79-68)46-24-12-5-13-25-46/h2-40H,1H3. The van der Waals surface area contributed by atoms with E-state index in [9.17, 15) is 18.4 Å². The summed E-state index contributed by atoms with van der Waals surface area (Å²) in [6.45, 7) is 1.69. The molecule has 0 bridgehead atoms. The van der Waals surface area contributed by atoms with Crippen molar-refractivity contribution in [2.24, 2.45) is 0 Å². The summed E-state index contributed by atoms with van der Waals surface area (Å²) in [5.74, 6) is 2.93. The van der Waals surface area contributed by atoms with Gasteiger partial charge in [0.05, 0.1) is 39.0 Å². The van der Waals surface area contributed by atoms with E-state index >= 15 is 0 Å². The first-order valence-electron chi connectivity index (χ1n) is 26.2. The quantitative estimate of drug-likeness (QED) is 0.142. The van der Waals surface area contributed by atoms with Crippen molar-refractivity contribution in [1.82, 2.24) is 39.0 Å². The number of aryl methyl sites for hydroxylation is 1. The van der Waals surface area contributed by atoms with Crippen LogP contribution >= 0.6 is 0 Å². The number of para-hydroxylation sites is 2. The Balaban J connectivity index is 1.04. The first kappa shape index (κ1) is 48.5. The first-order chi connectivity index (χ1) is 39.6. The van der Waals surface area contributed by atoms with Gasteiger partial charge in [0.15, 0.2) is 34.9 Å². The Morgan fingerprint density at radius 3 is 1.05 bits per heavy atom. The summed E-state index contributed by atoms with van der Waals surface area (Å²) in [6, 6.07) is 77.7. The third-order valence-corrected chi connectivity index (χ3v) is 14.8. The Labute approximate surface area is 462 Å². The molecule has 0 saturated carbocycles. The van der Waals surface area contributed by atoms with Crippen molar-refractivity contribution in [3.63, 3.8) is 0 Å². The molecule has 0 aliphatic heterocycles. The van der Waals surface area contributed by atoms with Gasteiger partial charge in [-0.15, -0.1) is 0 Å². The maximum absolute atomic E-state index is 14.4. The van der Waals surface area contributed by atoms with E-state index in [-0.39, 0.29) is 0 Å².